The number of benzene rings is 1. The summed E-state index contributed by atoms with van der Waals surface area (Å²) >= 11 is 0. The van der Waals surface area contributed by atoms with Crippen LogP contribution in [0.3, 0.4) is 0 Å². The molecular formula is C13H13NO6. The minimum absolute atomic E-state index is 0.00782. The quantitative estimate of drug-likeness (QED) is 0.696. The largest absolute Gasteiger partial charge is 0.460 e. The maximum atomic E-state index is 11.6. The molecule has 0 bridgehead atoms. The molecule has 0 aliphatic carbocycles. The monoisotopic (exact) mass is 279 g/mol. The van der Waals surface area contributed by atoms with Crippen LogP contribution in [0.5, 0.6) is 0 Å². The number of ether oxygens (including phenoxy) is 2. The van der Waals surface area contributed by atoms with Gasteiger partial charge in [0.2, 0.25) is 0 Å². The summed E-state index contributed by atoms with van der Waals surface area (Å²) in [6.07, 6.45) is 0. The average molecular weight is 279 g/mol. The molecule has 1 aromatic carbocycles. The zero-order valence-corrected chi connectivity index (χ0v) is 10.5. The number of hydrogen-bond acceptors (Lipinski definition) is 7. The summed E-state index contributed by atoms with van der Waals surface area (Å²) < 4.78 is 9.40. The van der Waals surface area contributed by atoms with Gasteiger partial charge in [0.05, 0.1) is 36.0 Å². The summed E-state index contributed by atoms with van der Waals surface area (Å²) in [4.78, 5) is 23.3. The van der Waals surface area contributed by atoms with Crippen molar-refractivity contribution in [2.75, 3.05) is 26.4 Å². The van der Waals surface area contributed by atoms with Crippen LogP contribution in [0.25, 0.3) is 0 Å². The van der Waals surface area contributed by atoms with Crippen LogP contribution in [-0.2, 0) is 9.47 Å². The normalized spacial score (nSPS) is 9.65. The Balaban J connectivity index is 2.99. The Bertz CT molecular complexity index is 496. The zero-order valence-electron chi connectivity index (χ0n) is 10.5. The highest BCUT2D eigenvalue weighted by Gasteiger charge is 2.15. The number of hydrogen-bond donors (Lipinski definition) is 2. The van der Waals surface area contributed by atoms with E-state index >= 15 is 0 Å². The highest BCUT2D eigenvalue weighted by molar-refractivity contribution is 5.96. The Hall–Kier alpha value is -2.43. The molecular weight excluding hydrogens is 266 g/mol. The SMILES string of the molecule is N#Cc1cc(C(=O)OCCO)cc(C(=O)OCCO)c1. The van der Waals surface area contributed by atoms with Gasteiger partial charge in [0.25, 0.3) is 0 Å². The second kappa shape index (κ2) is 7.89. The first-order valence-corrected chi connectivity index (χ1v) is 5.73. The van der Waals surface area contributed by atoms with Crippen molar-refractivity contribution in [3.05, 3.63) is 34.9 Å². The summed E-state index contributed by atoms with van der Waals surface area (Å²) in [5.74, 6) is -1.51. The lowest BCUT2D eigenvalue weighted by molar-refractivity contribution is 0.0430. The Morgan fingerprint density at radius 1 is 1.00 bits per heavy atom. The van der Waals surface area contributed by atoms with Gasteiger partial charge in [0, 0.05) is 0 Å². The minimum Gasteiger partial charge on any atom is -0.460 e. The predicted octanol–water partition coefficient (Wildman–Crippen LogP) is -0.144. The van der Waals surface area contributed by atoms with Gasteiger partial charge in [-0.2, -0.15) is 5.26 Å². The number of carbonyl (C=O) groups excluding carboxylic acids is 2. The third-order valence-electron chi connectivity index (χ3n) is 2.18. The van der Waals surface area contributed by atoms with Gasteiger partial charge in [-0.25, -0.2) is 9.59 Å². The molecule has 7 nitrogen and oxygen atoms in total. The van der Waals surface area contributed by atoms with Crippen molar-refractivity contribution >= 4 is 11.9 Å². The molecule has 0 spiro atoms. The minimum atomic E-state index is -0.757. The Labute approximate surface area is 115 Å². The molecule has 1 aromatic rings. The maximum absolute atomic E-state index is 11.6. The van der Waals surface area contributed by atoms with Gasteiger partial charge in [0.15, 0.2) is 0 Å². The topological polar surface area (TPSA) is 117 Å². The first-order chi connectivity index (χ1) is 9.62. The molecule has 0 heterocycles. The Kier molecular flexibility index (Phi) is 6.16. The lowest BCUT2D eigenvalue weighted by Gasteiger charge is -2.07. The van der Waals surface area contributed by atoms with E-state index in [-0.39, 0.29) is 43.1 Å². The van der Waals surface area contributed by atoms with Crippen molar-refractivity contribution in [1.82, 2.24) is 0 Å². The number of carbonyl (C=O) groups is 2. The first-order valence-electron chi connectivity index (χ1n) is 5.73. The number of rotatable bonds is 6. The summed E-state index contributed by atoms with van der Waals surface area (Å²) in [7, 11) is 0. The fraction of sp³-hybridized carbons (Fsp3) is 0.308. The van der Waals surface area contributed by atoms with Gasteiger partial charge in [-0.15, -0.1) is 0 Å². The fourth-order valence-electron chi connectivity index (χ4n) is 1.37. The third-order valence-corrected chi connectivity index (χ3v) is 2.18. The lowest BCUT2D eigenvalue weighted by atomic mass is 10.1. The summed E-state index contributed by atoms with van der Waals surface area (Å²) in [6.45, 7) is -1.01. The van der Waals surface area contributed by atoms with E-state index in [2.05, 4.69) is 0 Å². The first kappa shape index (κ1) is 15.6. The molecule has 0 aliphatic heterocycles. The third kappa shape index (κ3) is 4.35. The molecule has 2 N–H and O–H groups in total. The highest BCUT2D eigenvalue weighted by Crippen LogP contribution is 2.12. The lowest BCUT2D eigenvalue weighted by Crippen LogP contribution is -2.12. The predicted molar refractivity (Wildman–Crippen MR) is 65.9 cm³/mol. The van der Waals surface area contributed by atoms with Crippen LogP contribution < -0.4 is 0 Å². The van der Waals surface area contributed by atoms with E-state index in [4.69, 9.17) is 24.9 Å². The van der Waals surface area contributed by atoms with E-state index in [1.54, 1.807) is 0 Å². The van der Waals surface area contributed by atoms with Crippen molar-refractivity contribution in [1.29, 1.82) is 5.26 Å². The summed E-state index contributed by atoms with van der Waals surface area (Å²) in [5, 5.41) is 26.0. The van der Waals surface area contributed by atoms with Crippen LogP contribution in [0, 0.1) is 11.3 Å². The second-order valence-corrected chi connectivity index (χ2v) is 3.63. The standard InChI is InChI=1S/C13H13NO6/c14-8-9-5-10(12(17)19-3-1-15)7-11(6-9)13(18)20-4-2-16/h5-7,15-16H,1-4H2. The van der Waals surface area contributed by atoms with E-state index in [1.807, 2.05) is 6.07 Å². The average Bonchev–Trinajstić information content (AvgIpc) is 2.49. The molecule has 0 amide bonds. The molecule has 0 unspecified atom stereocenters. The molecule has 0 saturated carbocycles. The molecule has 7 heteroatoms. The van der Waals surface area contributed by atoms with Crippen LogP contribution in [-0.4, -0.2) is 48.6 Å². The molecule has 0 saturated heterocycles. The van der Waals surface area contributed by atoms with Crippen LogP contribution in [0.4, 0.5) is 0 Å². The van der Waals surface area contributed by atoms with E-state index in [1.165, 1.54) is 18.2 Å². The van der Waals surface area contributed by atoms with Gasteiger partial charge < -0.3 is 19.7 Å². The number of nitrogens with zero attached hydrogens (tertiary/aromatic N) is 1. The van der Waals surface area contributed by atoms with Crippen LogP contribution in [0.15, 0.2) is 18.2 Å². The number of aliphatic hydroxyl groups is 2. The van der Waals surface area contributed by atoms with Crippen molar-refractivity contribution in [2.24, 2.45) is 0 Å². The van der Waals surface area contributed by atoms with E-state index < -0.39 is 11.9 Å². The molecule has 0 radical (unpaired) electrons. The summed E-state index contributed by atoms with van der Waals surface area (Å²) in [6, 6.07) is 5.57. The van der Waals surface area contributed by atoms with Crippen molar-refractivity contribution in [3.63, 3.8) is 0 Å². The van der Waals surface area contributed by atoms with Crippen LogP contribution >= 0.6 is 0 Å². The van der Waals surface area contributed by atoms with Crippen molar-refractivity contribution < 1.29 is 29.3 Å². The number of aliphatic hydroxyl groups excluding tert-OH is 2. The van der Waals surface area contributed by atoms with Crippen LogP contribution in [0.2, 0.25) is 0 Å². The van der Waals surface area contributed by atoms with Gasteiger partial charge in [0.1, 0.15) is 13.2 Å². The van der Waals surface area contributed by atoms with Gasteiger partial charge in [-0.3, -0.25) is 0 Å². The molecule has 106 valence electrons. The molecule has 0 atom stereocenters. The molecule has 1 rings (SSSR count). The number of esters is 2. The second-order valence-electron chi connectivity index (χ2n) is 3.63. The Morgan fingerprint density at radius 3 is 1.80 bits per heavy atom. The Morgan fingerprint density at radius 2 is 1.45 bits per heavy atom. The van der Waals surface area contributed by atoms with Crippen molar-refractivity contribution in [3.8, 4) is 6.07 Å². The van der Waals surface area contributed by atoms with Crippen LogP contribution in [0.1, 0.15) is 26.3 Å². The van der Waals surface area contributed by atoms with E-state index in [9.17, 15) is 9.59 Å². The molecule has 20 heavy (non-hydrogen) atoms. The fourth-order valence-corrected chi connectivity index (χ4v) is 1.37. The smallest absolute Gasteiger partial charge is 0.338 e. The van der Waals surface area contributed by atoms with Gasteiger partial charge in [-0.1, -0.05) is 0 Å². The zero-order chi connectivity index (χ0) is 15.0. The van der Waals surface area contributed by atoms with E-state index in [0.717, 1.165) is 0 Å². The molecule has 0 aromatic heterocycles. The number of nitriles is 1. The maximum Gasteiger partial charge on any atom is 0.338 e. The highest BCUT2D eigenvalue weighted by atomic mass is 16.5. The van der Waals surface area contributed by atoms with Crippen molar-refractivity contribution in [2.45, 2.75) is 0 Å². The van der Waals surface area contributed by atoms with E-state index in [0.29, 0.717) is 0 Å². The van der Waals surface area contributed by atoms with Gasteiger partial charge >= 0.3 is 11.9 Å². The molecule has 0 aliphatic rings. The summed E-state index contributed by atoms with van der Waals surface area (Å²) in [5.41, 5.74) is 0.112. The molecule has 0 fully saturated rings. The van der Waals surface area contributed by atoms with Gasteiger partial charge in [-0.05, 0) is 18.2 Å².